The maximum atomic E-state index is 5.68. The van der Waals surface area contributed by atoms with Gasteiger partial charge in [0, 0.05) is 23.8 Å². The van der Waals surface area contributed by atoms with E-state index < -0.39 is 0 Å². The van der Waals surface area contributed by atoms with Gasteiger partial charge < -0.3 is 10.6 Å². The molecule has 4 heteroatoms. The van der Waals surface area contributed by atoms with Crippen molar-refractivity contribution in [3.8, 4) is 0 Å². The summed E-state index contributed by atoms with van der Waals surface area (Å²) in [6, 6.07) is 0.703. The van der Waals surface area contributed by atoms with Gasteiger partial charge in [-0.2, -0.15) is 0 Å². The van der Waals surface area contributed by atoms with Gasteiger partial charge in [-0.05, 0) is 51.5 Å². The first-order chi connectivity index (χ1) is 9.40. The van der Waals surface area contributed by atoms with Gasteiger partial charge >= 0.3 is 0 Å². The first kappa shape index (κ1) is 12.9. The zero-order valence-electron chi connectivity index (χ0n) is 11.6. The molecule has 2 aliphatic carbocycles. The van der Waals surface area contributed by atoms with E-state index in [1.54, 1.807) is 6.33 Å². The van der Waals surface area contributed by atoms with Crippen LogP contribution in [0.15, 0.2) is 6.33 Å². The van der Waals surface area contributed by atoms with Gasteiger partial charge in [0.15, 0.2) is 0 Å². The fraction of sp³-hybridized carbons (Fsp3) is 0.733. The first-order valence-electron chi connectivity index (χ1n) is 7.69. The Labute approximate surface area is 115 Å². The molecular formula is C15H24N4. The highest BCUT2D eigenvalue weighted by molar-refractivity contribution is 5.51. The Kier molecular flexibility index (Phi) is 3.97. The third-order valence-electron chi connectivity index (χ3n) is 4.22. The van der Waals surface area contributed by atoms with Gasteiger partial charge in [0.1, 0.15) is 12.1 Å². The van der Waals surface area contributed by atoms with Crippen LogP contribution < -0.4 is 10.6 Å². The Morgan fingerprint density at radius 1 is 1.16 bits per heavy atom. The fourth-order valence-corrected chi connectivity index (χ4v) is 3.04. The lowest BCUT2D eigenvalue weighted by atomic mass is 10.1. The number of aromatic nitrogens is 2. The van der Waals surface area contributed by atoms with Crippen molar-refractivity contribution in [2.75, 3.05) is 18.0 Å². The second-order valence-electron chi connectivity index (χ2n) is 5.75. The third kappa shape index (κ3) is 2.89. The third-order valence-corrected chi connectivity index (χ3v) is 4.22. The summed E-state index contributed by atoms with van der Waals surface area (Å²) in [7, 11) is 0. The van der Waals surface area contributed by atoms with Gasteiger partial charge in [-0.1, -0.05) is 6.42 Å². The summed E-state index contributed by atoms with van der Waals surface area (Å²) in [4.78, 5) is 11.6. The SMILES string of the molecule is NCCCN(c1ncnc2c1CCCCC2)C1CC1. The Hall–Kier alpha value is -1.16. The van der Waals surface area contributed by atoms with Gasteiger partial charge in [0.25, 0.3) is 0 Å². The largest absolute Gasteiger partial charge is 0.353 e. The molecule has 19 heavy (non-hydrogen) atoms. The van der Waals surface area contributed by atoms with Crippen LogP contribution in [0, 0.1) is 0 Å². The minimum Gasteiger partial charge on any atom is -0.353 e. The molecule has 1 saturated carbocycles. The van der Waals surface area contributed by atoms with E-state index >= 15 is 0 Å². The van der Waals surface area contributed by atoms with Crippen molar-refractivity contribution in [1.82, 2.24) is 9.97 Å². The van der Waals surface area contributed by atoms with Crippen LogP contribution in [0.4, 0.5) is 5.82 Å². The van der Waals surface area contributed by atoms with Crippen molar-refractivity contribution in [1.29, 1.82) is 0 Å². The number of nitrogens with two attached hydrogens (primary N) is 1. The van der Waals surface area contributed by atoms with Crippen LogP contribution in [-0.2, 0) is 12.8 Å². The Balaban J connectivity index is 1.89. The minimum atomic E-state index is 0.703. The molecule has 2 aliphatic rings. The second-order valence-corrected chi connectivity index (χ2v) is 5.75. The highest BCUT2D eigenvalue weighted by Gasteiger charge is 2.31. The average Bonchev–Trinajstić information content (AvgIpc) is 3.25. The minimum absolute atomic E-state index is 0.703. The van der Waals surface area contributed by atoms with Crippen molar-refractivity contribution in [3.63, 3.8) is 0 Å². The highest BCUT2D eigenvalue weighted by Crippen LogP contribution is 2.34. The van der Waals surface area contributed by atoms with Gasteiger partial charge in [0.05, 0.1) is 0 Å². The molecule has 0 amide bonds. The number of nitrogens with zero attached hydrogens (tertiary/aromatic N) is 3. The topological polar surface area (TPSA) is 55.0 Å². The number of fused-ring (bicyclic) bond motifs is 1. The Morgan fingerprint density at radius 3 is 2.79 bits per heavy atom. The number of aryl methyl sites for hydroxylation is 1. The number of anilines is 1. The summed E-state index contributed by atoms with van der Waals surface area (Å²) in [5.41, 5.74) is 8.39. The van der Waals surface area contributed by atoms with E-state index in [4.69, 9.17) is 5.73 Å². The van der Waals surface area contributed by atoms with Crippen LogP contribution in [0.1, 0.15) is 49.8 Å². The summed E-state index contributed by atoms with van der Waals surface area (Å²) in [5, 5.41) is 0. The molecular weight excluding hydrogens is 236 g/mol. The second kappa shape index (κ2) is 5.87. The maximum absolute atomic E-state index is 5.68. The summed E-state index contributed by atoms with van der Waals surface area (Å²) < 4.78 is 0. The Bertz CT molecular complexity index is 428. The van der Waals surface area contributed by atoms with E-state index in [1.165, 1.54) is 49.2 Å². The number of hydrogen-bond donors (Lipinski definition) is 1. The molecule has 0 spiro atoms. The Morgan fingerprint density at radius 2 is 2.00 bits per heavy atom. The van der Waals surface area contributed by atoms with E-state index in [2.05, 4.69) is 14.9 Å². The van der Waals surface area contributed by atoms with Crippen molar-refractivity contribution in [3.05, 3.63) is 17.6 Å². The molecule has 4 nitrogen and oxygen atoms in total. The van der Waals surface area contributed by atoms with Crippen LogP contribution >= 0.6 is 0 Å². The van der Waals surface area contributed by atoms with Crippen LogP contribution in [0.3, 0.4) is 0 Å². The van der Waals surface area contributed by atoms with Crippen LogP contribution in [0.25, 0.3) is 0 Å². The normalized spacial score (nSPS) is 18.8. The molecule has 1 fully saturated rings. The number of rotatable bonds is 5. The van der Waals surface area contributed by atoms with Gasteiger partial charge in [-0.25, -0.2) is 9.97 Å². The summed E-state index contributed by atoms with van der Waals surface area (Å²) in [5.74, 6) is 1.21. The smallest absolute Gasteiger partial charge is 0.135 e. The van der Waals surface area contributed by atoms with Crippen molar-refractivity contribution >= 4 is 5.82 Å². The predicted octanol–water partition coefficient (Wildman–Crippen LogP) is 2.06. The predicted molar refractivity (Wildman–Crippen MR) is 77.3 cm³/mol. The van der Waals surface area contributed by atoms with Crippen LogP contribution in [0.2, 0.25) is 0 Å². The molecule has 104 valence electrons. The molecule has 0 aromatic carbocycles. The molecule has 0 saturated heterocycles. The highest BCUT2D eigenvalue weighted by atomic mass is 15.2. The molecule has 1 heterocycles. The molecule has 0 radical (unpaired) electrons. The zero-order valence-corrected chi connectivity index (χ0v) is 11.6. The molecule has 3 rings (SSSR count). The lowest BCUT2D eigenvalue weighted by molar-refractivity contribution is 0.702. The zero-order chi connectivity index (χ0) is 13.1. The van der Waals surface area contributed by atoms with Crippen molar-refractivity contribution < 1.29 is 0 Å². The molecule has 0 unspecified atom stereocenters. The molecule has 0 aliphatic heterocycles. The molecule has 1 aromatic rings. The van der Waals surface area contributed by atoms with Gasteiger partial charge in [-0.15, -0.1) is 0 Å². The summed E-state index contributed by atoms with van der Waals surface area (Å²) in [6.45, 7) is 1.81. The summed E-state index contributed by atoms with van der Waals surface area (Å²) >= 11 is 0. The van der Waals surface area contributed by atoms with E-state index in [-0.39, 0.29) is 0 Å². The summed E-state index contributed by atoms with van der Waals surface area (Å²) in [6.07, 6.45) is 11.6. The molecule has 0 atom stereocenters. The van der Waals surface area contributed by atoms with E-state index in [9.17, 15) is 0 Å². The first-order valence-corrected chi connectivity index (χ1v) is 7.69. The lowest BCUT2D eigenvalue weighted by Crippen LogP contribution is -2.30. The monoisotopic (exact) mass is 260 g/mol. The van der Waals surface area contributed by atoms with E-state index in [0.29, 0.717) is 6.04 Å². The standard InChI is InChI=1S/C15H24N4/c16-9-4-10-19(12-7-8-12)15-13-5-2-1-3-6-14(13)17-11-18-15/h11-12H,1-10,16H2. The quantitative estimate of drug-likeness (QED) is 0.823. The van der Waals surface area contributed by atoms with E-state index in [1.807, 2.05) is 0 Å². The number of hydrogen-bond acceptors (Lipinski definition) is 4. The average molecular weight is 260 g/mol. The van der Waals surface area contributed by atoms with Crippen molar-refractivity contribution in [2.24, 2.45) is 5.73 Å². The molecule has 1 aromatic heterocycles. The maximum Gasteiger partial charge on any atom is 0.135 e. The van der Waals surface area contributed by atoms with Crippen molar-refractivity contribution in [2.45, 2.75) is 57.4 Å². The van der Waals surface area contributed by atoms with Gasteiger partial charge in [0.2, 0.25) is 0 Å². The molecule has 2 N–H and O–H groups in total. The van der Waals surface area contributed by atoms with Crippen LogP contribution in [0.5, 0.6) is 0 Å². The lowest BCUT2D eigenvalue weighted by Gasteiger charge is -2.26. The fourth-order valence-electron chi connectivity index (χ4n) is 3.04. The van der Waals surface area contributed by atoms with E-state index in [0.717, 1.165) is 32.4 Å². The van der Waals surface area contributed by atoms with Gasteiger partial charge in [-0.3, -0.25) is 0 Å². The van der Waals surface area contributed by atoms with Crippen LogP contribution in [-0.4, -0.2) is 29.1 Å². The molecule has 0 bridgehead atoms.